The highest BCUT2D eigenvalue weighted by molar-refractivity contribution is 6.03. The lowest BCUT2D eigenvalue weighted by atomic mass is 10.2. The molecule has 7 nitrogen and oxygen atoms in total. The Morgan fingerprint density at radius 1 is 1.25 bits per heavy atom. The van der Waals surface area contributed by atoms with Crippen LogP contribution in [0, 0.1) is 0 Å². The van der Waals surface area contributed by atoms with Crippen LogP contribution in [0.4, 0.5) is 6.01 Å². The molecule has 0 spiro atoms. The van der Waals surface area contributed by atoms with Crippen molar-refractivity contribution < 1.29 is 18.4 Å². The Bertz CT molecular complexity index is 796. The zero-order valence-electron chi connectivity index (χ0n) is 13.2. The normalized spacial score (nSPS) is 10.5. The summed E-state index contributed by atoms with van der Waals surface area (Å²) in [5.74, 6) is 0.935. The first-order valence-corrected chi connectivity index (χ1v) is 7.68. The van der Waals surface area contributed by atoms with Crippen LogP contribution in [0.3, 0.4) is 0 Å². The summed E-state index contributed by atoms with van der Waals surface area (Å²) in [6.45, 7) is 2.71. The minimum absolute atomic E-state index is 0.00343. The maximum Gasteiger partial charge on any atom is 0.322 e. The first-order chi connectivity index (χ1) is 11.8. The predicted octanol–water partition coefficient (Wildman–Crippen LogP) is 3.76. The van der Waals surface area contributed by atoms with Gasteiger partial charge in [0, 0.05) is 5.56 Å². The molecule has 24 heavy (non-hydrogen) atoms. The lowest BCUT2D eigenvalue weighted by Crippen LogP contribution is -2.12. The van der Waals surface area contributed by atoms with E-state index in [0.29, 0.717) is 23.7 Å². The van der Waals surface area contributed by atoms with Crippen molar-refractivity contribution in [3.8, 4) is 17.4 Å². The smallest absolute Gasteiger partial charge is 0.322 e. The number of unbranched alkanes of at least 4 members (excludes halogenated alkanes) is 1. The molecule has 0 aliphatic rings. The molecule has 2 aromatic heterocycles. The van der Waals surface area contributed by atoms with Crippen molar-refractivity contribution >= 4 is 11.9 Å². The van der Waals surface area contributed by atoms with Gasteiger partial charge in [0.15, 0.2) is 5.76 Å². The Morgan fingerprint density at radius 2 is 2.17 bits per heavy atom. The molecule has 2 heterocycles. The van der Waals surface area contributed by atoms with Gasteiger partial charge in [-0.05, 0) is 36.8 Å². The maximum absolute atomic E-state index is 12.3. The predicted molar refractivity (Wildman–Crippen MR) is 86.8 cm³/mol. The lowest BCUT2D eigenvalue weighted by Gasteiger charge is -2.07. The van der Waals surface area contributed by atoms with Crippen molar-refractivity contribution in [1.29, 1.82) is 0 Å². The number of hydrogen-bond donors (Lipinski definition) is 1. The molecule has 0 fully saturated rings. The molecule has 1 N–H and O–H groups in total. The summed E-state index contributed by atoms with van der Waals surface area (Å²) in [4.78, 5) is 12.3. The van der Waals surface area contributed by atoms with Gasteiger partial charge in [-0.2, -0.15) is 0 Å². The van der Waals surface area contributed by atoms with Gasteiger partial charge in [0.1, 0.15) is 5.75 Å². The van der Waals surface area contributed by atoms with E-state index >= 15 is 0 Å². The number of hydrogen-bond acceptors (Lipinski definition) is 6. The fraction of sp³-hybridized carbons (Fsp3) is 0.235. The molecular weight excluding hydrogens is 310 g/mol. The van der Waals surface area contributed by atoms with Crippen molar-refractivity contribution in [2.75, 3.05) is 11.9 Å². The van der Waals surface area contributed by atoms with Gasteiger partial charge in [0.25, 0.3) is 11.8 Å². The first kappa shape index (κ1) is 15.8. The average molecular weight is 327 g/mol. The van der Waals surface area contributed by atoms with E-state index in [1.165, 1.54) is 6.26 Å². The summed E-state index contributed by atoms with van der Waals surface area (Å²) in [5, 5.41) is 10.2. The van der Waals surface area contributed by atoms with Gasteiger partial charge in [-0.1, -0.05) is 24.5 Å². The fourth-order valence-corrected chi connectivity index (χ4v) is 2.00. The van der Waals surface area contributed by atoms with Gasteiger partial charge in [-0.15, -0.1) is 5.10 Å². The third kappa shape index (κ3) is 3.81. The summed E-state index contributed by atoms with van der Waals surface area (Å²) in [7, 11) is 0. The van der Waals surface area contributed by atoms with Crippen molar-refractivity contribution in [1.82, 2.24) is 10.2 Å². The molecule has 0 aliphatic carbocycles. The molecule has 3 aromatic rings. The van der Waals surface area contributed by atoms with E-state index in [9.17, 15) is 4.79 Å². The van der Waals surface area contributed by atoms with E-state index in [4.69, 9.17) is 13.6 Å². The van der Waals surface area contributed by atoms with Crippen LogP contribution in [0.25, 0.3) is 11.7 Å². The molecule has 3 rings (SSSR count). The van der Waals surface area contributed by atoms with E-state index in [-0.39, 0.29) is 17.8 Å². The quantitative estimate of drug-likeness (QED) is 0.664. The SMILES string of the molecule is CCCCOc1cccc(C(=O)Nc2nnc(-c3ccco3)o2)c1. The molecule has 0 aliphatic heterocycles. The molecule has 7 heteroatoms. The highest BCUT2D eigenvalue weighted by Crippen LogP contribution is 2.20. The number of anilines is 1. The van der Waals surface area contributed by atoms with Gasteiger partial charge in [0.2, 0.25) is 0 Å². The van der Waals surface area contributed by atoms with Crippen LogP contribution in [0.15, 0.2) is 51.5 Å². The summed E-state index contributed by atoms with van der Waals surface area (Å²) in [6, 6.07) is 10.3. The molecule has 124 valence electrons. The van der Waals surface area contributed by atoms with Crippen LogP contribution in [-0.4, -0.2) is 22.7 Å². The number of carbonyl (C=O) groups is 1. The minimum Gasteiger partial charge on any atom is -0.494 e. The number of nitrogens with zero attached hydrogens (tertiary/aromatic N) is 2. The minimum atomic E-state index is -0.356. The molecule has 0 atom stereocenters. The van der Waals surface area contributed by atoms with Crippen molar-refractivity contribution in [2.24, 2.45) is 0 Å². The van der Waals surface area contributed by atoms with Crippen molar-refractivity contribution in [3.05, 3.63) is 48.2 Å². The standard InChI is InChI=1S/C17H17N3O4/c1-2-3-9-22-13-7-4-6-12(11-13)15(21)18-17-20-19-16(24-17)14-8-5-10-23-14/h4-8,10-11H,2-3,9H2,1H3,(H,18,20,21). The number of ether oxygens (including phenoxy) is 1. The zero-order valence-corrected chi connectivity index (χ0v) is 13.2. The van der Waals surface area contributed by atoms with Crippen LogP contribution in [0.1, 0.15) is 30.1 Å². The monoisotopic (exact) mass is 327 g/mol. The molecule has 0 saturated heterocycles. The topological polar surface area (TPSA) is 90.4 Å². The van der Waals surface area contributed by atoms with Crippen molar-refractivity contribution in [3.63, 3.8) is 0 Å². The third-order valence-corrected chi connectivity index (χ3v) is 3.24. The molecule has 0 radical (unpaired) electrons. The van der Waals surface area contributed by atoms with Crippen LogP contribution >= 0.6 is 0 Å². The summed E-state index contributed by atoms with van der Waals surface area (Å²) >= 11 is 0. The van der Waals surface area contributed by atoms with Gasteiger partial charge >= 0.3 is 6.01 Å². The van der Waals surface area contributed by atoms with Gasteiger partial charge in [-0.3, -0.25) is 10.1 Å². The van der Waals surface area contributed by atoms with E-state index in [1.54, 1.807) is 30.3 Å². The van der Waals surface area contributed by atoms with E-state index in [2.05, 4.69) is 22.4 Å². The van der Waals surface area contributed by atoms with Crippen LogP contribution in [0.5, 0.6) is 5.75 Å². The number of amides is 1. The zero-order chi connectivity index (χ0) is 16.8. The maximum atomic E-state index is 12.3. The second kappa shape index (κ2) is 7.45. The van der Waals surface area contributed by atoms with E-state index < -0.39 is 0 Å². The molecule has 1 amide bonds. The second-order valence-corrected chi connectivity index (χ2v) is 5.07. The fourth-order valence-electron chi connectivity index (χ4n) is 2.00. The Balaban J connectivity index is 1.65. The van der Waals surface area contributed by atoms with Crippen molar-refractivity contribution in [2.45, 2.75) is 19.8 Å². The molecular formula is C17H17N3O4. The summed E-state index contributed by atoms with van der Waals surface area (Å²) < 4.78 is 16.1. The average Bonchev–Trinajstić information content (AvgIpc) is 3.26. The van der Waals surface area contributed by atoms with Crippen LogP contribution in [-0.2, 0) is 0 Å². The van der Waals surface area contributed by atoms with Crippen LogP contribution < -0.4 is 10.1 Å². The highest BCUT2D eigenvalue weighted by Gasteiger charge is 2.14. The number of aromatic nitrogens is 2. The number of benzene rings is 1. The Hall–Kier alpha value is -3.09. The number of nitrogens with one attached hydrogen (secondary N) is 1. The van der Waals surface area contributed by atoms with E-state index in [0.717, 1.165) is 12.8 Å². The second-order valence-electron chi connectivity index (χ2n) is 5.07. The van der Waals surface area contributed by atoms with Gasteiger partial charge in [0.05, 0.1) is 12.9 Å². The molecule has 0 saturated carbocycles. The summed E-state index contributed by atoms with van der Waals surface area (Å²) in [6.07, 6.45) is 3.52. The van der Waals surface area contributed by atoms with E-state index in [1.807, 2.05) is 6.07 Å². The summed E-state index contributed by atoms with van der Waals surface area (Å²) in [5.41, 5.74) is 0.446. The molecule has 0 unspecified atom stereocenters. The lowest BCUT2D eigenvalue weighted by molar-refractivity contribution is 0.102. The van der Waals surface area contributed by atoms with Gasteiger partial charge in [-0.25, -0.2) is 0 Å². The Morgan fingerprint density at radius 3 is 2.96 bits per heavy atom. The molecule has 0 bridgehead atoms. The third-order valence-electron chi connectivity index (χ3n) is 3.24. The molecule has 1 aromatic carbocycles. The number of carbonyl (C=O) groups excluding carboxylic acids is 1. The van der Waals surface area contributed by atoms with Crippen LogP contribution in [0.2, 0.25) is 0 Å². The number of rotatable bonds is 7. The first-order valence-electron chi connectivity index (χ1n) is 7.68. The largest absolute Gasteiger partial charge is 0.494 e. The van der Waals surface area contributed by atoms with Gasteiger partial charge < -0.3 is 13.6 Å². The number of furan rings is 1. The Kier molecular flexibility index (Phi) is 4.90. The highest BCUT2D eigenvalue weighted by atomic mass is 16.5. The Labute approximate surface area is 138 Å².